The number of rotatable bonds is 5. The predicted molar refractivity (Wildman–Crippen MR) is 144 cm³/mol. The zero-order valence-corrected chi connectivity index (χ0v) is 22.9. The lowest BCUT2D eigenvalue weighted by atomic mass is 9.57. The van der Waals surface area contributed by atoms with Gasteiger partial charge in [0.15, 0.2) is 11.4 Å². The fourth-order valence-corrected chi connectivity index (χ4v) is 6.62. The first-order valence-corrected chi connectivity index (χ1v) is 13.1. The number of likely N-dealkylation sites (N-methyl/N-ethyl adjacent to an activating group) is 1. The van der Waals surface area contributed by atoms with E-state index in [0.717, 1.165) is 12.1 Å². The van der Waals surface area contributed by atoms with Gasteiger partial charge in [0.2, 0.25) is 5.78 Å². The monoisotopic (exact) mass is 603 g/mol. The predicted octanol–water partition coefficient (Wildman–Crippen LogP) is 1.99. The molecule has 11 nitrogen and oxygen atoms in total. The van der Waals surface area contributed by atoms with Crippen molar-refractivity contribution in [2.24, 2.45) is 23.3 Å². The number of nitrogens with zero attached hydrogens (tertiary/aromatic N) is 1. The Morgan fingerprint density at radius 3 is 2.30 bits per heavy atom. The molecule has 1 saturated carbocycles. The van der Waals surface area contributed by atoms with Crippen LogP contribution in [0.5, 0.6) is 11.5 Å². The Bertz CT molecular complexity index is 1630. The van der Waals surface area contributed by atoms with Gasteiger partial charge in [0.25, 0.3) is 5.91 Å². The van der Waals surface area contributed by atoms with Crippen LogP contribution in [0.3, 0.4) is 0 Å². The minimum Gasteiger partial charge on any atom is -0.508 e. The Morgan fingerprint density at radius 2 is 1.77 bits per heavy atom. The van der Waals surface area contributed by atoms with Gasteiger partial charge in [0.1, 0.15) is 28.6 Å². The highest BCUT2D eigenvalue weighted by Crippen LogP contribution is 2.54. The van der Waals surface area contributed by atoms with Gasteiger partial charge in [-0.3, -0.25) is 19.3 Å². The van der Waals surface area contributed by atoms with E-state index >= 15 is 0 Å². The number of alkyl halides is 3. The van der Waals surface area contributed by atoms with Crippen LogP contribution in [0.4, 0.5) is 13.2 Å². The van der Waals surface area contributed by atoms with Crippen LogP contribution in [0.1, 0.15) is 23.1 Å². The molecule has 3 aliphatic carbocycles. The molecular formula is C29H28F3N3O8. The lowest BCUT2D eigenvalue weighted by Gasteiger charge is -2.50. The molecule has 43 heavy (non-hydrogen) atoms. The fourth-order valence-electron chi connectivity index (χ4n) is 6.62. The van der Waals surface area contributed by atoms with Crippen LogP contribution in [0.25, 0.3) is 16.9 Å². The van der Waals surface area contributed by atoms with Crippen LogP contribution in [0.15, 0.2) is 47.2 Å². The summed E-state index contributed by atoms with van der Waals surface area (Å²) < 4.78 is 42.0. The van der Waals surface area contributed by atoms with E-state index < -0.39 is 75.9 Å². The van der Waals surface area contributed by atoms with Crippen molar-refractivity contribution < 1.29 is 52.7 Å². The van der Waals surface area contributed by atoms with E-state index in [9.17, 15) is 48.0 Å². The lowest BCUT2D eigenvalue weighted by Crippen LogP contribution is -2.65. The number of amides is 1. The van der Waals surface area contributed by atoms with E-state index in [1.54, 1.807) is 0 Å². The number of aliphatic hydroxyl groups is 3. The maximum Gasteiger partial charge on any atom is 0.573 e. The third-order valence-corrected chi connectivity index (χ3v) is 8.42. The topological polar surface area (TPSA) is 197 Å². The van der Waals surface area contributed by atoms with Gasteiger partial charge in [0, 0.05) is 23.6 Å². The fraction of sp³-hybridized carbons (Fsp3) is 0.345. The molecule has 1 fully saturated rings. The number of fused-ring (bicyclic) bond motifs is 3. The Balaban J connectivity index is 1.71. The van der Waals surface area contributed by atoms with Gasteiger partial charge in [-0.15, -0.1) is 13.2 Å². The molecule has 0 bridgehead atoms. The van der Waals surface area contributed by atoms with Gasteiger partial charge >= 0.3 is 6.36 Å². The van der Waals surface area contributed by atoms with Crippen LogP contribution < -0.4 is 16.2 Å². The Hall–Kier alpha value is -4.40. The highest BCUT2D eigenvalue weighted by molar-refractivity contribution is 6.24. The number of nitrogens with two attached hydrogens (primary N) is 2. The van der Waals surface area contributed by atoms with Crippen molar-refractivity contribution in [1.82, 2.24) is 4.90 Å². The molecule has 2 aromatic rings. The molecule has 0 spiro atoms. The third-order valence-electron chi connectivity index (χ3n) is 8.42. The first-order valence-electron chi connectivity index (χ1n) is 13.1. The summed E-state index contributed by atoms with van der Waals surface area (Å²) in [5.41, 5.74) is 8.21. The summed E-state index contributed by atoms with van der Waals surface area (Å²) in [5.74, 6) is -8.31. The number of aliphatic hydroxyl groups excluding tert-OH is 2. The molecule has 0 aliphatic heterocycles. The highest BCUT2D eigenvalue weighted by atomic mass is 19.4. The number of primary amides is 1. The molecule has 0 saturated heterocycles. The number of aromatic hydroxyl groups is 1. The summed E-state index contributed by atoms with van der Waals surface area (Å²) in [6.45, 7) is -0.217. The molecule has 0 aromatic heterocycles. The van der Waals surface area contributed by atoms with Crippen molar-refractivity contribution in [3.05, 3.63) is 63.9 Å². The van der Waals surface area contributed by atoms with Crippen LogP contribution in [0.2, 0.25) is 0 Å². The number of ether oxygens (including phenoxy) is 1. The van der Waals surface area contributed by atoms with Crippen molar-refractivity contribution in [1.29, 1.82) is 0 Å². The molecule has 14 heteroatoms. The number of carbonyl (C=O) groups excluding carboxylic acids is 3. The van der Waals surface area contributed by atoms with E-state index in [2.05, 4.69) is 4.74 Å². The minimum atomic E-state index is -4.90. The Morgan fingerprint density at radius 1 is 1.14 bits per heavy atom. The number of ketones is 2. The molecule has 228 valence electrons. The second-order valence-corrected chi connectivity index (χ2v) is 11.0. The number of halogens is 3. The molecule has 2 aromatic carbocycles. The molecule has 1 amide bonds. The first-order chi connectivity index (χ1) is 20.0. The summed E-state index contributed by atoms with van der Waals surface area (Å²) in [6.07, 6.45) is -5.03. The summed E-state index contributed by atoms with van der Waals surface area (Å²) in [7, 11) is 2.98. The van der Waals surface area contributed by atoms with Crippen molar-refractivity contribution in [2.75, 3.05) is 14.1 Å². The van der Waals surface area contributed by atoms with Gasteiger partial charge in [0.05, 0.1) is 11.6 Å². The summed E-state index contributed by atoms with van der Waals surface area (Å²) in [6, 6.07) is 5.17. The molecule has 5 rings (SSSR count). The maximum atomic E-state index is 14.0. The Labute approximate surface area is 242 Å². The van der Waals surface area contributed by atoms with Gasteiger partial charge in [-0.2, -0.15) is 0 Å². The molecule has 8 N–H and O–H groups in total. The number of benzene rings is 2. The second-order valence-electron chi connectivity index (χ2n) is 11.0. The average Bonchev–Trinajstić information content (AvgIpc) is 2.90. The standard InChI is InChI=1S/C29H28F3N3O8/c1-35(2)21-17-9-12-7-16-15(11-3-5-14(6-4-11)43-29(30,31)32)8-13(10-33)22(36)19(16)23(37)18(12)25(39)28(17,42)26(40)20(24(21)38)27(34)41/h3-6,8,12,17,21,36-37,40,42H,7,9-10,33H2,1-2H3,(H2,34,41)/t12-,17-,21-,28-/m0/s1. The van der Waals surface area contributed by atoms with Crippen molar-refractivity contribution in [3.63, 3.8) is 0 Å². The summed E-state index contributed by atoms with van der Waals surface area (Å²) in [5, 5.41) is 45.3. The first kappa shape index (κ1) is 30.1. The van der Waals surface area contributed by atoms with Gasteiger partial charge in [-0.1, -0.05) is 12.1 Å². The molecular weight excluding hydrogens is 575 g/mol. The summed E-state index contributed by atoms with van der Waals surface area (Å²) in [4.78, 5) is 40.8. The number of Topliss-reactive ketones (excluding diaryl/α,β-unsaturated/α-hetero) is 2. The Kier molecular flexibility index (Phi) is 7.07. The second kappa shape index (κ2) is 10.1. The number of phenolic OH excluding ortho intramolecular Hbond substituents is 1. The van der Waals surface area contributed by atoms with Crippen LogP contribution >= 0.6 is 0 Å². The number of hydrogen-bond donors (Lipinski definition) is 6. The average molecular weight is 604 g/mol. The van der Waals surface area contributed by atoms with Crippen molar-refractivity contribution in [2.45, 2.75) is 37.4 Å². The molecule has 0 heterocycles. The minimum absolute atomic E-state index is 0.0108. The van der Waals surface area contributed by atoms with E-state index in [-0.39, 0.29) is 36.1 Å². The normalized spacial score (nSPS) is 25.4. The van der Waals surface area contributed by atoms with E-state index in [4.69, 9.17) is 11.5 Å². The zero-order valence-electron chi connectivity index (χ0n) is 22.9. The molecule has 4 atom stereocenters. The van der Waals surface area contributed by atoms with Crippen molar-refractivity contribution >= 4 is 23.2 Å². The van der Waals surface area contributed by atoms with Gasteiger partial charge < -0.3 is 36.6 Å². The van der Waals surface area contributed by atoms with Crippen molar-refractivity contribution in [3.8, 4) is 22.6 Å². The lowest BCUT2D eigenvalue weighted by molar-refractivity contribution is -0.274. The van der Waals surface area contributed by atoms with Crippen LogP contribution in [-0.4, -0.2) is 74.9 Å². The largest absolute Gasteiger partial charge is 0.573 e. The van der Waals surface area contributed by atoms with E-state index in [0.29, 0.717) is 16.7 Å². The quantitative estimate of drug-likeness (QED) is 0.275. The third kappa shape index (κ3) is 4.53. The zero-order chi connectivity index (χ0) is 31.8. The molecule has 0 radical (unpaired) electrons. The summed E-state index contributed by atoms with van der Waals surface area (Å²) >= 11 is 0. The molecule has 0 unspecified atom stereocenters. The molecule has 3 aliphatic rings. The van der Waals surface area contributed by atoms with Crippen LogP contribution in [0, 0.1) is 11.8 Å². The van der Waals surface area contributed by atoms with E-state index in [1.165, 1.54) is 37.2 Å². The SMILES string of the molecule is CN(C)[C@@H]1C(=O)C(C(N)=O)=C(O)[C@@]2(O)C(=O)C3=C(O)c4c(O)c(CN)cc(-c5ccc(OC(F)(F)F)cc5)c4C[C@H]3C[C@@H]12. The number of hydrogen-bond acceptors (Lipinski definition) is 10. The number of phenols is 1. The smallest absolute Gasteiger partial charge is 0.508 e. The number of carbonyl (C=O) groups is 3. The van der Waals surface area contributed by atoms with Crippen LogP contribution in [-0.2, 0) is 27.3 Å². The van der Waals surface area contributed by atoms with Gasteiger partial charge in [-0.05, 0) is 67.7 Å². The van der Waals surface area contributed by atoms with Gasteiger partial charge in [-0.25, -0.2) is 0 Å². The highest BCUT2D eigenvalue weighted by Gasteiger charge is 2.64. The van der Waals surface area contributed by atoms with E-state index in [1.807, 2.05) is 0 Å². The maximum absolute atomic E-state index is 14.0.